The molecule has 0 aliphatic heterocycles. The van der Waals surface area contributed by atoms with Gasteiger partial charge in [-0.15, -0.1) is 0 Å². The van der Waals surface area contributed by atoms with Gasteiger partial charge in [0.15, 0.2) is 0 Å². The van der Waals surface area contributed by atoms with Crippen molar-refractivity contribution >= 4 is 17.3 Å². The molecule has 0 fully saturated rings. The summed E-state index contributed by atoms with van der Waals surface area (Å²) in [4.78, 5) is 17.6. The molecule has 0 aliphatic carbocycles. The summed E-state index contributed by atoms with van der Waals surface area (Å²) in [6.07, 6.45) is 4.23. The van der Waals surface area contributed by atoms with Crippen molar-refractivity contribution in [1.29, 1.82) is 0 Å². The molecule has 7 heteroatoms. The van der Waals surface area contributed by atoms with Crippen molar-refractivity contribution in [2.45, 2.75) is 0 Å². The van der Waals surface area contributed by atoms with Gasteiger partial charge < -0.3 is 0 Å². The van der Waals surface area contributed by atoms with E-state index in [0.717, 1.165) is 0 Å². The molecule has 2 rings (SSSR count). The highest BCUT2D eigenvalue weighted by molar-refractivity contribution is 6.29. The molecule has 0 saturated heterocycles. The lowest BCUT2D eigenvalue weighted by Gasteiger charge is -1.98. The fraction of sp³-hybridized carbons (Fsp3) is 0. The summed E-state index contributed by atoms with van der Waals surface area (Å²) in [7, 11) is 0. The van der Waals surface area contributed by atoms with E-state index in [1.807, 2.05) is 0 Å². The number of nitrogens with zero attached hydrogens (tertiary/aromatic N) is 4. The Bertz CT molecular complexity index is 494. The van der Waals surface area contributed by atoms with Crippen molar-refractivity contribution in [3.05, 3.63) is 46.1 Å². The highest BCUT2D eigenvalue weighted by Gasteiger charge is 2.06. The van der Waals surface area contributed by atoms with E-state index in [-0.39, 0.29) is 5.69 Å². The lowest BCUT2D eigenvalue weighted by molar-refractivity contribution is -0.385. The molecule has 6 nitrogen and oxygen atoms in total. The van der Waals surface area contributed by atoms with Crippen LogP contribution in [0.25, 0.3) is 5.82 Å². The van der Waals surface area contributed by atoms with E-state index in [1.165, 1.54) is 24.7 Å². The normalized spacial score (nSPS) is 10.2. The number of hydrogen-bond acceptors (Lipinski definition) is 4. The summed E-state index contributed by atoms with van der Waals surface area (Å²) in [5.74, 6) is 0.528. The molecular weight excluding hydrogens is 220 g/mol. The maximum atomic E-state index is 10.4. The maximum absolute atomic E-state index is 10.4. The number of aromatic nitrogens is 3. The first-order valence-corrected chi connectivity index (χ1v) is 4.35. The van der Waals surface area contributed by atoms with Crippen molar-refractivity contribution in [1.82, 2.24) is 14.5 Å². The van der Waals surface area contributed by atoms with Crippen LogP contribution in [0.4, 0.5) is 5.69 Å². The molecule has 0 spiro atoms. The van der Waals surface area contributed by atoms with Crippen LogP contribution >= 0.6 is 11.6 Å². The van der Waals surface area contributed by atoms with Gasteiger partial charge in [-0.05, 0) is 6.07 Å². The molecule has 0 atom stereocenters. The average molecular weight is 225 g/mol. The summed E-state index contributed by atoms with van der Waals surface area (Å²) < 4.78 is 1.58. The molecule has 0 aliphatic rings. The second-order valence-electron chi connectivity index (χ2n) is 2.74. The van der Waals surface area contributed by atoms with Crippen LogP contribution in [0.2, 0.25) is 5.15 Å². The molecule has 0 saturated carbocycles. The van der Waals surface area contributed by atoms with E-state index in [1.54, 1.807) is 10.8 Å². The Morgan fingerprint density at radius 3 is 2.67 bits per heavy atom. The smallest absolute Gasteiger partial charge is 0.287 e. The first-order valence-electron chi connectivity index (χ1n) is 3.97. The number of pyridine rings is 1. The Labute approximate surface area is 89.3 Å². The number of imidazole rings is 1. The second kappa shape index (κ2) is 3.66. The fourth-order valence-corrected chi connectivity index (χ4v) is 1.21. The summed E-state index contributed by atoms with van der Waals surface area (Å²) >= 11 is 5.62. The zero-order valence-electron chi connectivity index (χ0n) is 7.37. The molecular formula is C8H5ClN4O2. The van der Waals surface area contributed by atoms with E-state index in [2.05, 4.69) is 9.97 Å². The summed E-state index contributed by atoms with van der Waals surface area (Å²) in [5, 5.41) is 10.7. The summed E-state index contributed by atoms with van der Waals surface area (Å²) in [5.41, 5.74) is -0.0510. The number of hydrogen-bond donors (Lipinski definition) is 0. The zero-order chi connectivity index (χ0) is 10.8. The molecule has 0 aromatic carbocycles. The molecule has 0 radical (unpaired) electrons. The average Bonchev–Trinajstić information content (AvgIpc) is 2.65. The van der Waals surface area contributed by atoms with Crippen molar-refractivity contribution in [2.75, 3.05) is 0 Å². The summed E-state index contributed by atoms with van der Waals surface area (Å²) in [6, 6.07) is 2.90. The molecule has 2 heterocycles. The van der Waals surface area contributed by atoms with Crippen LogP contribution in [0, 0.1) is 10.1 Å². The summed E-state index contributed by atoms with van der Waals surface area (Å²) in [6.45, 7) is 0. The minimum absolute atomic E-state index is 0.0510. The van der Waals surface area contributed by atoms with Crippen molar-refractivity contribution < 1.29 is 4.92 Å². The molecule has 2 aromatic heterocycles. The zero-order valence-corrected chi connectivity index (χ0v) is 8.13. The molecule has 0 N–H and O–H groups in total. The monoisotopic (exact) mass is 224 g/mol. The largest absolute Gasteiger partial charge is 0.289 e. The predicted octanol–water partition coefficient (Wildman–Crippen LogP) is 1.83. The standard InChI is InChI=1S/C8H5ClN4O2/c9-7-4-12(5-11-7)8-2-1-6(3-10-8)13(14)15/h1-5H. The van der Waals surface area contributed by atoms with Gasteiger partial charge in [0.2, 0.25) is 0 Å². The van der Waals surface area contributed by atoms with Gasteiger partial charge >= 0.3 is 0 Å². The van der Waals surface area contributed by atoms with Crippen LogP contribution in [0.15, 0.2) is 30.9 Å². The number of nitro groups is 1. The molecule has 0 bridgehead atoms. The third kappa shape index (κ3) is 1.94. The van der Waals surface area contributed by atoms with Crippen LogP contribution in [0.1, 0.15) is 0 Å². The predicted molar refractivity (Wildman–Crippen MR) is 53.0 cm³/mol. The topological polar surface area (TPSA) is 73.8 Å². The van der Waals surface area contributed by atoms with Gasteiger partial charge in [-0.3, -0.25) is 14.7 Å². The van der Waals surface area contributed by atoms with Crippen LogP contribution < -0.4 is 0 Å². The Morgan fingerprint density at radius 1 is 1.40 bits per heavy atom. The lowest BCUT2D eigenvalue weighted by atomic mass is 10.4. The first kappa shape index (κ1) is 9.60. The fourth-order valence-electron chi connectivity index (χ4n) is 1.06. The van der Waals surface area contributed by atoms with Crippen LogP contribution in [0.3, 0.4) is 0 Å². The third-order valence-electron chi connectivity index (χ3n) is 1.76. The quantitative estimate of drug-likeness (QED) is 0.576. The maximum Gasteiger partial charge on any atom is 0.287 e. The van der Waals surface area contributed by atoms with Gasteiger partial charge in [0.1, 0.15) is 23.5 Å². The van der Waals surface area contributed by atoms with Gasteiger partial charge in [-0.1, -0.05) is 11.6 Å². The molecule has 15 heavy (non-hydrogen) atoms. The molecule has 2 aromatic rings. The van der Waals surface area contributed by atoms with Crippen molar-refractivity contribution in [2.24, 2.45) is 0 Å². The SMILES string of the molecule is O=[N+]([O-])c1ccc(-n2cnc(Cl)c2)nc1. The molecule has 0 amide bonds. The number of rotatable bonds is 2. The van der Waals surface area contributed by atoms with E-state index in [0.29, 0.717) is 11.0 Å². The van der Waals surface area contributed by atoms with Gasteiger partial charge in [0.05, 0.1) is 4.92 Å². The minimum Gasteiger partial charge on any atom is -0.289 e. The Morgan fingerprint density at radius 2 is 2.20 bits per heavy atom. The van der Waals surface area contributed by atoms with Gasteiger partial charge in [0.25, 0.3) is 5.69 Å². The van der Waals surface area contributed by atoms with Crippen molar-refractivity contribution in [3.63, 3.8) is 0 Å². The highest BCUT2D eigenvalue weighted by atomic mass is 35.5. The second-order valence-corrected chi connectivity index (χ2v) is 3.12. The van der Waals surface area contributed by atoms with Crippen molar-refractivity contribution in [3.8, 4) is 5.82 Å². The third-order valence-corrected chi connectivity index (χ3v) is 1.95. The highest BCUT2D eigenvalue weighted by Crippen LogP contribution is 2.13. The lowest BCUT2D eigenvalue weighted by Crippen LogP contribution is -1.95. The minimum atomic E-state index is -0.502. The Balaban J connectivity index is 2.35. The van der Waals surface area contributed by atoms with Gasteiger partial charge in [0, 0.05) is 12.3 Å². The van der Waals surface area contributed by atoms with Crippen LogP contribution in [0.5, 0.6) is 0 Å². The first-order chi connectivity index (χ1) is 7.16. The van der Waals surface area contributed by atoms with Gasteiger partial charge in [-0.25, -0.2) is 9.97 Å². The van der Waals surface area contributed by atoms with E-state index in [9.17, 15) is 10.1 Å². The Hall–Kier alpha value is -1.95. The van der Waals surface area contributed by atoms with Gasteiger partial charge in [-0.2, -0.15) is 0 Å². The van der Waals surface area contributed by atoms with E-state index < -0.39 is 4.92 Å². The van der Waals surface area contributed by atoms with E-state index in [4.69, 9.17) is 11.6 Å². The molecule has 76 valence electrons. The number of halogens is 1. The van der Waals surface area contributed by atoms with E-state index >= 15 is 0 Å². The van der Waals surface area contributed by atoms with Crippen LogP contribution in [-0.2, 0) is 0 Å². The molecule has 0 unspecified atom stereocenters. The Kier molecular flexibility index (Phi) is 2.34. The van der Waals surface area contributed by atoms with Crippen LogP contribution in [-0.4, -0.2) is 19.5 Å².